The van der Waals surface area contributed by atoms with E-state index < -0.39 is 0 Å². The Bertz CT molecular complexity index is 1410. The summed E-state index contributed by atoms with van der Waals surface area (Å²) in [4.78, 5) is 16.4. The summed E-state index contributed by atoms with van der Waals surface area (Å²) in [6.45, 7) is 17.2. The molecule has 0 spiro atoms. The Hall–Kier alpha value is -3.48. The molecule has 0 fully saturated rings. The van der Waals surface area contributed by atoms with Crippen LogP contribution in [-0.4, -0.2) is 33.0 Å². The first-order valence-corrected chi connectivity index (χ1v) is 14.7. The van der Waals surface area contributed by atoms with E-state index in [0.29, 0.717) is 0 Å². The molecule has 0 saturated heterocycles. The maximum absolute atomic E-state index is 4.97. The van der Waals surface area contributed by atoms with E-state index >= 15 is 0 Å². The average Bonchev–Trinajstić information content (AvgIpc) is 3.66. The van der Waals surface area contributed by atoms with Crippen molar-refractivity contribution < 1.29 is 0 Å². The highest BCUT2D eigenvalue weighted by molar-refractivity contribution is 6.05. The second-order valence-electron chi connectivity index (χ2n) is 9.04. The number of aromatic nitrogens is 4. The number of aromatic amines is 2. The Labute approximate surface area is 234 Å². The number of hydrogen-bond donors (Lipinski definition) is 4. The highest BCUT2D eigenvalue weighted by Crippen LogP contribution is 2.31. The van der Waals surface area contributed by atoms with Crippen LogP contribution in [0.3, 0.4) is 0 Å². The standard InChI is InChI=1S/C29H34N6.2C2H6/c1-4-15-30-18-27-32-17-26(33-27)20-9-7-19(8-10-20)21-11-13-23-22(16-21)12-14-25-28(23)35-29(34-25)24(5-2)31-6-3;2*1-2/h7-14,16-17,24,30-31H,4-6,15,18H2,1-3H3,(H,32,33)(H,34,35);2*1-2H3. The van der Waals surface area contributed by atoms with Crippen LogP contribution in [0.5, 0.6) is 0 Å². The summed E-state index contributed by atoms with van der Waals surface area (Å²) in [6, 6.07) is 19.9. The van der Waals surface area contributed by atoms with Gasteiger partial charge in [-0.25, -0.2) is 9.97 Å². The molecule has 0 aliphatic heterocycles. The van der Waals surface area contributed by atoms with Gasteiger partial charge in [-0.2, -0.15) is 0 Å². The molecule has 0 aliphatic rings. The van der Waals surface area contributed by atoms with Crippen LogP contribution in [0.4, 0.5) is 0 Å². The van der Waals surface area contributed by atoms with Crippen LogP contribution in [0.2, 0.25) is 0 Å². The maximum atomic E-state index is 4.97. The maximum Gasteiger partial charge on any atom is 0.124 e. The lowest BCUT2D eigenvalue weighted by Crippen LogP contribution is -2.21. The van der Waals surface area contributed by atoms with Crippen molar-refractivity contribution in [2.75, 3.05) is 13.1 Å². The van der Waals surface area contributed by atoms with Gasteiger partial charge in [0.05, 0.1) is 35.5 Å². The van der Waals surface area contributed by atoms with Crippen LogP contribution in [0.15, 0.2) is 60.8 Å². The topological polar surface area (TPSA) is 81.4 Å². The number of rotatable bonds is 10. The van der Waals surface area contributed by atoms with Crippen molar-refractivity contribution in [3.63, 3.8) is 0 Å². The van der Waals surface area contributed by atoms with Crippen molar-refractivity contribution in [1.82, 2.24) is 30.6 Å². The quantitative estimate of drug-likeness (QED) is 0.138. The molecular weight excluding hydrogens is 480 g/mol. The molecule has 4 N–H and O–H groups in total. The zero-order chi connectivity index (χ0) is 28.2. The molecule has 6 nitrogen and oxygen atoms in total. The molecule has 208 valence electrons. The molecule has 2 aromatic heterocycles. The van der Waals surface area contributed by atoms with E-state index in [1.165, 1.54) is 21.9 Å². The summed E-state index contributed by atoms with van der Waals surface area (Å²) < 4.78 is 0. The van der Waals surface area contributed by atoms with Gasteiger partial charge in [-0.05, 0) is 60.1 Å². The number of nitrogens with zero attached hydrogens (tertiary/aromatic N) is 2. The summed E-state index contributed by atoms with van der Waals surface area (Å²) in [6.07, 6.45) is 4.03. The third kappa shape index (κ3) is 7.14. The third-order valence-electron chi connectivity index (χ3n) is 6.55. The normalized spacial score (nSPS) is 11.6. The van der Waals surface area contributed by atoms with Gasteiger partial charge in [-0.3, -0.25) is 0 Å². The first-order valence-electron chi connectivity index (χ1n) is 14.7. The van der Waals surface area contributed by atoms with Gasteiger partial charge in [-0.15, -0.1) is 0 Å². The van der Waals surface area contributed by atoms with Crippen molar-refractivity contribution in [1.29, 1.82) is 0 Å². The zero-order valence-corrected chi connectivity index (χ0v) is 24.8. The van der Waals surface area contributed by atoms with Gasteiger partial charge in [0.25, 0.3) is 0 Å². The van der Waals surface area contributed by atoms with Gasteiger partial charge in [0.15, 0.2) is 0 Å². The number of H-pyrrole nitrogens is 2. The van der Waals surface area contributed by atoms with E-state index in [-0.39, 0.29) is 6.04 Å². The lowest BCUT2D eigenvalue weighted by Gasteiger charge is -2.12. The minimum atomic E-state index is 0.249. The predicted molar refractivity (Wildman–Crippen MR) is 168 cm³/mol. The Balaban J connectivity index is 0.00000100. The lowest BCUT2D eigenvalue weighted by molar-refractivity contribution is 0.516. The van der Waals surface area contributed by atoms with E-state index in [9.17, 15) is 0 Å². The van der Waals surface area contributed by atoms with Crippen LogP contribution in [-0.2, 0) is 6.54 Å². The minimum Gasteiger partial charge on any atom is -0.341 e. The lowest BCUT2D eigenvalue weighted by atomic mass is 9.99. The van der Waals surface area contributed by atoms with Gasteiger partial charge in [0.2, 0.25) is 0 Å². The van der Waals surface area contributed by atoms with Gasteiger partial charge < -0.3 is 20.6 Å². The van der Waals surface area contributed by atoms with Gasteiger partial charge >= 0.3 is 0 Å². The average molecular weight is 527 g/mol. The molecule has 1 unspecified atom stereocenters. The highest BCUT2D eigenvalue weighted by atomic mass is 15.0. The van der Waals surface area contributed by atoms with Crippen molar-refractivity contribution >= 4 is 21.8 Å². The van der Waals surface area contributed by atoms with Crippen LogP contribution in [0, 0.1) is 0 Å². The van der Waals surface area contributed by atoms with Crippen LogP contribution < -0.4 is 10.6 Å². The molecule has 2 heterocycles. The minimum absolute atomic E-state index is 0.249. The fourth-order valence-electron chi connectivity index (χ4n) is 4.67. The number of fused-ring (bicyclic) bond motifs is 3. The number of nitrogens with one attached hydrogen (secondary N) is 4. The zero-order valence-electron chi connectivity index (χ0n) is 24.8. The SMILES string of the molecule is CC.CC.CCCNCc1ncc(-c2ccc(-c3ccc4c(ccc5[nH]c(C(CC)NCC)nc54)c3)cc2)[nH]1. The number of benzene rings is 3. The van der Waals surface area contributed by atoms with E-state index in [1.54, 1.807) is 0 Å². The number of hydrogen-bond acceptors (Lipinski definition) is 4. The van der Waals surface area contributed by atoms with Crippen molar-refractivity contribution in [3.8, 4) is 22.4 Å². The summed E-state index contributed by atoms with van der Waals surface area (Å²) in [5.74, 6) is 1.98. The molecule has 0 aliphatic carbocycles. The Kier molecular flexibility index (Phi) is 11.7. The first kappa shape index (κ1) is 30.1. The fourth-order valence-corrected chi connectivity index (χ4v) is 4.67. The van der Waals surface area contributed by atoms with Crippen LogP contribution in [0.25, 0.3) is 44.2 Å². The molecule has 0 bridgehead atoms. The third-order valence-corrected chi connectivity index (χ3v) is 6.55. The molecule has 3 aromatic carbocycles. The molecule has 0 saturated carbocycles. The Morgan fingerprint density at radius 3 is 2.23 bits per heavy atom. The molecule has 6 heteroatoms. The Morgan fingerprint density at radius 1 is 0.821 bits per heavy atom. The molecule has 1 atom stereocenters. The predicted octanol–water partition coefficient (Wildman–Crippen LogP) is 8.39. The summed E-state index contributed by atoms with van der Waals surface area (Å²) in [5, 5.41) is 9.28. The smallest absolute Gasteiger partial charge is 0.124 e. The molecule has 5 rings (SSSR count). The van der Waals surface area contributed by atoms with E-state index in [4.69, 9.17) is 4.98 Å². The van der Waals surface area contributed by atoms with Gasteiger partial charge in [0, 0.05) is 5.39 Å². The molecule has 5 aromatic rings. The monoisotopic (exact) mass is 526 g/mol. The van der Waals surface area contributed by atoms with Crippen LogP contribution in [0.1, 0.15) is 79.0 Å². The van der Waals surface area contributed by atoms with Crippen molar-refractivity contribution in [3.05, 3.63) is 72.4 Å². The van der Waals surface area contributed by atoms with E-state index in [0.717, 1.165) is 66.4 Å². The fraction of sp³-hybridized carbons (Fsp3) is 0.394. The van der Waals surface area contributed by atoms with E-state index in [2.05, 4.69) is 101 Å². The van der Waals surface area contributed by atoms with Crippen molar-refractivity contribution in [2.45, 2.75) is 73.9 Å². The largest absolute Gasteiger partial charge is 0.341 e. The van der Waals surface area contributed by atoms with Crippen LogP contribution >= 0.6 is 0 Å². The molecular formula is C33H46N6. The molecule has 0 radical (unpaired) electrons. The summed E-state index contributed by atoms with van der Waals surface area (Å²) in [5.41, 5.74) is 6.71. The Morgan fingerprint density at radius 2 is 1.54 bits per heavy atom. The first-order chi connectivity index (χ1) is 19.2. The highest BCUT2D eigenvalue weighted by Gasteiger charge is 2.14. The molecule has 0 amide bonds. The summed E-state index contributed by atoms with van der Waals surface area (Å²) >= 11 is 0. The molecule has 39 heavy (non-hydrogen) atoms. The van der Waals surface area contributed by atoms with E-state index in [1.807, 2.05) is 33.9 Å². The summed E-state index contributed by atoms with van der Waals surface area (Å²) in [7, 11) is 0. The van der Waals surface area contributed by atoms with Gasteiger partial charge in [-0.1, -0.05) is 90.9 Å². The number of imidazole rings is 2. The van der Waals surface area contributed by atoms with Crippen molar-refractivity contribution in [2.24, 2.45) is 0 Å². The second-order valence-corrected chi connectivity index (χ2v) is 9.04. The van der Waals surface area contributed by atoms with Gasteiger partial charge in [0.1, 0.15) is 11.6 Å². The second kappa shape index (κ2) is 15.2.